The molecule has 1 atom stereocenters. The maximum Gasteiger partial charge on any atom is 0.422 e. The fraction of sp³-hybridized carbons (Fsp3) is 0.593. The summed E-state index contributed by atoms with van der Waals surface area (Å²) in [4.78, 5) is 65.6. The van der Waals surface area contributed by atoms with Crippen molar-refractivity contribution in [1.29, 1.82) is 0 Å². The normalized spacial score (nSPS) is 18.1. The van der Waals surface area contributed by atoms with Gasteiger partial charge in [-0.25, -0.2) is 9.59 Å². The predicted molar refractivity (Wildman–Crippen MR) is 141 cm³/mol. The molecular formula is C27H40N4O8. The van der Waals surface area contributed by atoms with E-state index in [1.165, 1.54) is 0 Å². The number of benzene rings is 1. The van der Waals surface area contributed by atoms with Gasteiger partial charge >= 0.3 is 18.2 Å². The zero-order chi connectivity index (χ0) is 29.8. The summed E-state index contributed by atoms with van der Waals surface area (Å²) in [6.07, 6.45) is -0.424. The van der Waals surface area contributed by atoms with E-state index in [0.717, 1.165) is 21.9 Å². The molecule has 1 aliphatic rings. The molecule has 1 aromatic rings. The molecule has 1 aromatic carbocycles. The first-order chi connectivity index (χ1) is 18.9. The summed E-state index contributed by atoms with van der Waals surface area (Å²) in [7, 11) is 0. The third-order valence-electron chi connectivity index (χ3n) is 5.82. The quantitative estimate of drug-likeness (QED) is 0.174. The Labute approximate surface area is 230 Å². The Bertz CT molecular complexity index is 1030. The highest BCUT2D eigenvalue weighted by atomic mass is 16.6. The van der Waals surface area contributed by atoms with Gasteiger partial charge in [0.15, 0.2) is 11.3 Å². The van der Waals surface area contributed by atoms with Crippen molar-refractivity contribution in [3.8, 4) is 0 Å². The van der Waals surface area contributed by atoms with E-state index in [0.29, 0.717) is 6.42 Å². The molecular weight excluding hydrogens is 508 g/mol. The van der Waals surface area contributed by atoms with Gasteiger partial charge in [-0.15, -0.1) is 0 Å². The maximum atomic E-state index is 13.8. The maximum absolute atomic E-state index is 13.8. The molecule has 12 nitrogen and oxygen atoms in total. The first-order valence-electron chi connectivity index (χ1n) is 13.6. The summed E-state index contributed by atoms with van der Waals surface area (Å²) in [5, 5.41) is 3.65. The van der Waals surface area contributed by atoms with E-state index in [9.17, 15) is 24.0 Å². The third-order valence-corrected chi connectivity index (χ3v) is 5.82. The number of carbonyl (C=O) groups excluding carboxylic acids is 5. The smallest absolute Gasteiger partial charge is 0.422 e. The Hall–Kier alpha value is -3.67. The summed E-state index contributed by atoms with van der Waals surface area (Å²) in [5.74, 6) is -2.29. The first kappa shape index (κ1) is 29.9. The van der Waals surface area contributed by atoms with E-state index in [2.05, 4.69) is 10.7 Å². The molecule has 0 saturated carbocycles. The van der Waals surface area contributed by atoms with Crippen LogP contribution in [0.25, 0.3) is 0 Å². The average Bonchev–Trinajstić information content (AvgIpc) is 2.90. The molecule has 0 radical (unpaired) electrons. The van der Waals surface area contributed by atoms with Crippen molar-refractivity contribution in [3.63, 3.8) is 0 Å². The number of hydrogen-bond donors (Lipinski definition) is 2. The summed E-state index contributed by atoms with van der Waals surface area (Å²) in [6.45, 7) is 5.71. The van der Waals surface area contributed by atoms with Crippen molar-refractivity contribution >= 4 is 29.8 Å². The van der Waals surface area contributed by atoms with Crippen molar-refractivity contribution in [3.05, 3.63) is 35.9 Å². The minimum Gasteiger partial charge on any atom is -0.459 e. The number of piperazine rings is 1. The lowest BCUT2D eigenvalue weighted by Crippen LogP contribution is -2.73. The van der Waals surface area contributed by atoms with Gasteiger partial charge in [-0.1, -0.05) is 43.7 Å². The SMILES string of the molecule is [3H]CC(=O)[C@@]1(CCNC(=O)OCCCC)C(=O)N(CC(=O)OC(C)(C)C)CCN1NC(=O)OCc1ccccc1. The second-order valence-corrected chi connectivity index (χ2v) is 10.1. The van der Waals surface area contributed by atoms with Gasteiger partial charge in [0.25, 0.3) is 5.91 Å². The predicted octanol–water partition coefficient (Wildman–Crippen LogP) is 2.56. The molecule has 1 fully saturated rings. The Morgan fingerprint density at radius 3 is 2.44 bits per heavy atom. The van der Waals surface area contributed by atoms with Crippen LogP contribution in [0.2, 0.25) is 0 Å². The van der Waals surface area contributed by atoms with E-state index >= 15 is 0 Å². The number of unbranched alkanes of at least 4 members (excludes halogenated alkanes) is 1. The van der Waals surface area contributed by atoms with Gasteiger partial charge < -0.3 is 24.4 Å². The molecule has 0 spiro atoms. The number of amides is 3. The zero-order valence-electron chi connectivity index (χ0n) is 24.1. The second kappa shape index (κ2) is 14.5. The topological polar surface area (TPSA) is 144 Å². The van der Waals surface area contributed by atoms with Gasteiger partial charge in [-0.2, -0.15) is 5.01 Å². The molecule has 216 valence electrons. The lowest BCUT2D eigenvalue weighted by Gasteiger charge is -2.47. The van der Waals surface area contributed by atoms with Gasteiger partial charge in [-0.05, 0) is 39.7 Å². The van der Waals surface area contributed by atoms with Crippen molar-refractivity contribution in [1.82, 2.24) is 20.7 Å². The van der Waals surface area contributed by atoms with Crippen LogP contribution in [0.4, 0.5) is 9.59 Å². The largest absolute Gasteiger partial charge is 0.459 e. The third kappa shape index (κ3) is 9.54. The lowest BCUT2D eigenvalue weighted by atomic mass is 9.86. The van der Waals surface area contributed by atoms with Crippen LogP contribution >= 0.6 is 0 Å². The number of esters is 1. The van der Waals surface area contributed by atoms with Crippen molar-refractivity contribution < 1.29 is 39.6 Å². The number of ketones is 1. The number of hydrazine groups is 1. The molecule has 2 N–H and O–H groups in total. The minimum absolute atomic E-state index is 0.0173. The molecule has 2 rings (SSSR count). The molecule has 3 amide bonds. The van der Waals surface area contributed by atoms with Gasteiger partial charge in [0, 0.05) is 27.4 Å². The highest BCUT2D eigenvalue weighted by Crippen LogP contribution is 2.27. The van der Waals surface area contributed by atoms with Crippen LogP contribution in [-0.4, -0.2) is 83.7 Å². The molecule has 0 unspecified atom stereocenters. The highest BCUT2D eigenvalue weighted by molar-refractivity contribution is 6.10. The van der Waals surface area contributed by atoms with Crippen LogP contribution in [0.15, 0.2) is 30.3 Å². The number of Topliss-reactive ketones (excluding diaryl/α,β-unsaturated/α-hetero) is 1. The second-order valence-electron chi connectivity index (χ2n) is 10.1. The first-order valence-corrected chi connectivity index (χ1v) is 12.9. The van der Waals surface area contributed by atoms with Crippen molar-refractivity contribution in [2.45, 2.75) is 71.6 Å². The fourth-order valence-electron chi connectivity index (χ4n) is 3.94. The average molecular weight is 551 g/mol. The van der Waals surface area contributed by atoms with Crippen LogP contribution < -0.4 is 10.7 Å². The van der Waals surface area contributed by atoms with Gasteiger partial charge in [-0.3, -0.25) is 19.8 Å². The minimum atomic E-state index is -2.08. The Morgan fingerprint density at radius 1 is 1.08 bits per heavy atom. The number of rotatable bonds is 12. The van der Waals surface area contributed by atoms with E-state index in [-0.39, 0.29) is 39.3 Å². The number of nitrogens with one attached hydrogen (secondary N) is 2. The fourth-order valence-corrected chi connectivity index (χ4v) is 3.94. The van der Waals surface area contributed by atoms with Crippen LogP contribution in [0, 0.1) is 0 Å². The van der Waals surface area contributed by atoms with Crippen LogP contribution in [0.3, 0.4) is 0 Å². The van der Waals surface area contributed by atoms with Crippen molar-refractivity contribution in [2.24, 2.45) is 0 Å². The Balaban J connectivity index is 2.26. The summed E-state index contributed by atoms with van der Waals surface area (Å²) >= 11 is 0. The summed E-state index contributed by atoms with van der Waals surface area (Å²) in [5.41, 5.74) is 0.341. The van der Waals surface area contributed by atoms with Crippen LogP contribution in [-0.2, 0) is 35.2 Å². The van der Waals surface area contributed by atoms with Gasteiger partial charge in [0.2, 0.25) is 0 Å². The molecule has 1 heterocycles. The van der Waals surface area contributed by atoms with Crippen LogP contribution in [0.1, 0.15) is 60.8 Å². The van der Waals surface area contributed by atoms with Gasteiger partial charge in [0.1, 0.15) is 18.8 Å². The number of hydrogen-bond acceptors (Lipinski definition) is 9. The number of alkyl carbamates (subject to hydrolysis) is 1. The Kier molecular flexibility index (Phi) is 11.1. The van der Waals surface area contributed by atoms with Crippen molar-refractivity contribution in [2.75, 3.05) is 32.8 Å². The monoisotopic (exact) mass is 550 g/mol. The van der Waals surface area contributed by atoms with E-state index in [4.69, 9.17) is 15.6 Å². The standard InChI is InChI=1S/C27H40N4O8/c1-6-7-17-37-24(35)28-14-13-27(20(2)32)23(34)30(18-22(33)39-26(3,4)5)15-16-31(27)29-25(36)38-19-21-11-9-8-10-12-21/h8-12H,6-7,13-19H2,1-5H3,(H,28,35)(H,29,36)/t27-/m0/s1/i2T. The Morgan fingerprint density at radius 2 is 1.79 bits per heavy atom. The molecule has 0 aliphatic carbocycles. The lowest BCUT2D eigenvalue weighted by molar-refractivity contribution is -0.170. The summed E-state index contributed by atoms with van der Waals surface area (Å²) in [6, 6.07) is 8.94. The van der Waals surface area contributed by atoms with Crippen LogP contribution in [0.5, 0.6) is 0 Å². The number of ether oxygens (including phenoxy) is 3. The molecule has 1 aliphatic heterocycles. The number of nitrogens with zero attached hydrogens (tertiary/aromatic N) is 2. The van der Waals surface area contributed by atoms with E-state index in [1.807, 2.05) is 13.0 Å². The summed E-state index contributed by atoms with van der Waals surface area (Å²) < 4.78 is 23.5. The highest BCUT2D eigenvalue weighted by Gasteiger charge is 2.54. The molecule has 39 heavy (non-hydrogen) atoms. The molecule has 0 bridgehead atoms. The molecule has 0 aromatic heterocycles. The molecule has 1 saturated heterocycles. The number of carbonyl (C=O) groups is 5. The zero-order valence-corrected chi connectivity index (χ0v) is 23.1. The van der Waals surface area contributed by atoms with E-state index in [1.54, 1.807) is 45.0 Å². The van der Waals surface area contributed by atoms with Gasteiger partial charge in [0.05, 0.1) is 6.61 Å². The van der Waals surface area contributed by atoms with E-state index < -0.39 is 54.4 Å². The molecule has 12 heteroatoms.